The van der Waals surface area contributed by atoms with E-state index in [1.807, 2.05) is 49.4 Å². The van der Waals surface area contributed by atoms with Crippen LogP contribution in [0.2, 0.25) is 0 Å². The van der Waals surface area contributed by atoms with Gasteiger partial charge < -0.3 is 9.52 Å². The van der Waals surface area contributed by atoms with Crippen molar-refractivity contribution in [3.8, 4) is 0 Å². The second-order valence-corrected chi connectivity index (χ2v) is 4.12. The summed E-state index contributed by atoms with van der Waals surface area (Å²) in [6, 6.07) is 13.5. The first-order valence-corrected chi connectivity index (χ1v) is 5.53. The molecule has 0 amide bonds. The molecule has 1 heterocycles. The largest absolute Gasteiger partial charge is 0.469 e. The lowest BCUT2D eigenvalue weighted by molar-refractivity contribution is 0.114. The highest BCUT2D eigenvalue weighted by Crippen LogP contribution is 2.24. The summed E-state index contributed by atoms with van der Waals surface area (Å²) in [5.74, 6) is 1.07. The summed E-state index contributed by atoms with van der Waals surface area (Å²) in [6.45, 7) is 2.03. The summed E-state index contributed by atoms with van der Waals surface area (Å²) in [7, 11) is 0. The van der Waals surface area contributed by atoms with Crippen LogP contribution in [0.1, 0.15) is 24.4 Å². The van der Waals surface area contributed by atoms with Gasteiger partial charge in [-0.1, -0.05) is 37.3 Å². The Morgan fingerprint density at radius 1 is 1.12 bits per heavy atom. The van der Waals surface area contributed by atoms with Crippen LogP contribution in [-0.4, -0.2) is 5.11 Å². The van der Waals surface area contributed by atoms with Gasteiger partial charge in [-0.05, 0) is 23.6 Å². The molecule has 84 valence electrons. The molecule has 0 spiro atoms. The minimum atomic E-state index is -0.439. The quantitative estimate of drug-likeness (QED) is 0.851. The molecule has 1 aromatic carbocycles. The average molecular weight is 216 g/mol. The first kappa shape index (κ1) is 11.0. The first-order valence-electron chi connectivity index (χ1n) is 5.53. The van der Waals surface area contributed by atoms with Gasteiger partial charge in [0.2, 0.25) is 0 Å². The maximum absolute atomic E-state index is 10.1. The molecule has 2 atom stereocenters. The third-order valence-corrected chi connectivity index (χ3v) is 2.78. The van der Waals surface area contributed by atoms with Crippen LogP contribution in [0, 0.1) is 5.92 Å². The van der Waals surface area contributed by atoms with Crippen LogP contribution in [-0.2, 0) is 6.42 Å². The summed E-state index contributed by atoms with van der Waals surface area (Å²) in [6.07, 6.45) is 1.98. The molecule has 2 rings (SSSR count). The van der Waals surface area contributed by atoms with Gasteiger partial charge in [-0.15, -0.1) is 0 Å². The minimum absolute atomic E-state index is 0.147. The smallest absolute Gasteiger partial charge is 0.104 e. The van der Waals surface area contributed by atoms with Crippen LogP contribution in [0.25, 0.3) is 0 Å². The number of aliphatic hydroxyl groups is 1. The molecule has 0 aliphatic rings. The van der Waals surface area contributed by atoms with E-state index in [0.717, 1.165) is 17.7 Å². The fourth-order valence-corrected chi connectivity index (χ4v) is 1.84. The molecule has 0 radical (unpaired) electrons. The summed E-state index contributed by atoms with van der Waals surface area (Å²) in [5.41, 5.74) is 0.960. The molecule has 0 saturated heterocycles. The van der Waals surface area contributed by atoms with Crippen molar-refractivity contribution in [3.63, 3.8) is 0 Å². The fraction of sp³-hybridized carbons (Fsp3) is 0.286. The highest BCUT2D eigenvalue weighted by atomic mass is 16.3. The van der Waals surface area contributed by atoms with E-state index >= 15 is 0 Å². The SMILES string of the molecule is CC(Cc1ccco1)C(O)c1ccccc1. The molecule has 16 heavy (non-hydrogen) atoms. The fourth-order valence-electron chi connectivity index (χ4n) is 1.84. The lowest BCUT2D eigenvalue weighted by atomic mass is 9.94. The Morgan fingerprint density at radius 3 is 2.50 bits per heavy atom. The van der Waals surface area contributed by atoms with E-state index in [2.05, 4.69) is 0 Å². The van der Waals surface area contributed by atoms with E-state index in [1.165, 1.54) is 0 Å². The molecule has 0 fully saturated rings. The molecule has 2 aromatic rings. The molecule has 1 N–H and O–H groups in total. The van der Waals surface area contributed by atoms with E-state index in [-0.39, 0.29) is 5.92 Å². The number of hydrogen-bond donors (Lipinski definition) is 1. The summed E-state index contributed by atoms with van der Waals surface area (Å²) < 4.78 is 5.28. The zero-order chi connectivity index (χ0) is 11.4. The minimum Gasteiger partial charge on any atom is -0.469 e. The Labute approximate surface area is 95.5 Å². The molecule has 0 aliphatic carbocycles. The maximum Gasteiger partial charge on any atom is 0.104 e. The standard InChI is InChI=1S/C14H16O2/c1-11(10-13-8-5-9-16-13)14(15)12-6-3-2-4-7-12/h2-9,11,14-15H,10H2,1H3. The molecule has 2 heteroatoms. The van der Waals surface area contributed by atoms with Gasteiger partial charge in [0.25, 0.3) is 0 Å². The predicted octanol–water partition coefficient (Wildman–Crippen LogP) is 3.19. The predicted molar refractivity (Wildman–Crippen MR) is 63.0 cm³/mol. The number of benzene rings is 1. The van der Waals surface area contributed by atoms with Crippen LogP contribution >= 0.6 is 0 Å². The van der Waals surface area contributed by atoms with Crippen LogP contribution in [0.4, 0.5) is 0 Å². The topological polar surface area (TPSA) is 33.4 Å². The van der Waals surface area contributed by atoms with Crippen molar-refractivity contribution in [1.82, 2.24) is 0 Å². The van der Waals surface area contributed by atoms with Gasteiger partial charge in [0.05, 0.1) is 12.4 Å². The van der Waals surface area contributed by atoms with Gasteiger partial charge in [-0.2, -0.15) is 0 Å². The summed E-state index contributed by atoms with van der Waals surface area (Å²) in [4.78, 5) is 0. The second kappa shape index (κ2) is 4.99. The first-order chi connectivity index (χ1) is 7.77. The number of aliphatic hydroxyl groups excluding tert-OH is 1. The molecule has 0 aliphatic heterocycles. The summed E-state index contributed by atoms with van der Waals surface area (Å²) in [5, 5.41) is 10.1. The van der Waals surface area contributed by atoms with Crippen molar-refractivity contribution in [2.75, 3.05) is 0 Å². The van der Waals surface area contributed by atoms with Gasteiger partial charge in [0.15, 0.2) is 0 Å². The number of rotatable bonds is 4. The molecular formula is C14H16O2. The highest BCUT2D eigenvalue weighted by molar-refractivity contribution is 5.18. The molecule has 2 nitrogen and oxygen atoms in total. The number of hydrogen-bond acceptors (Lipinski definition) is 2. The average Bonchev–Trinajstić information content (AvgIpc) is 2.82. The lowest BCUT2D eigenvalue weighted by Gasteiger charge is -2.18. The van der Waals surface area contributed by atoms with E-state index < -0.39 is 6.10 Å². The monoisotopic (exact) mass is 216 g/mol. The molecule has 0 saturated carbocycles. The third-order valence-electron chi connectivity index (χ3n) is 2.78. The van der Waals surface area contributed by atoms with E-state index in [9.17, 15) is 5.11 Å². The normalized spacial score (nSPS) is 14.6. The zero-order valence-corrected chi connectivity index (χ0v) is 9.34. The maximum atomic E-state index is 10.1. The van der Waals surface area contributed by atoms with Crippen molar-refractivity contribution in [2.24, 2.45) is 5.92 Å². The lowest BCUT2D eigenvalue weighted by Crippen LogP contribution is -2.11. The molecule has 2 unspecified atom stereocenters. The van der Waals surface area contributed by atoms with Crippen LogP contribution in [0.5, 0.6) is 0 Å². The highest BCUT2D eigenvalue weighted by Gasteiger charge is 2.17. The Hall–Kier alpha value is -1.54. The van der Waals surface area contributed by atoms with Gasteiger partial charge in [-0.3, -0.25) is 0 Å². The van der Waals surface area contributed by atoms with Gasteiger partial charge in [-0.25, -0.2) is 0 Å². The molecule has 0 bridgehead atoms. The van der Waals surface area contributed by atoms with Crippen molar-refractivity contribution >= 4 is 0 Å². The van der Waals surface area contributed by atoms with Crippen molar-refractivity contribution in [3.05, 3.63) is 60.1 Å². The van der Waals surface area contributed by atoms with Gasteiger partial charge in [0, 0.05) is 6.42 Å². The third kappa shape index (κ3) is 2.52. The Balaban J connectivity index is 2.02. The van der Waals surface area contributed by atoms with E-state index in [0.29, 0.717) is 0 Å². The summed E-state index contributed by atoms with van der Waals surface area (Å²) >= 11 is 0. The molecule has 1 aromatic heterocycles. The Bertz CT molecular complexity index is 406. The van der Waals surface area contributed by atoms with E-state index in [1.54, 1.807) is 6.26 Å². The van der Waals surface area contributed by atoms with Crippen molar-refractivity contribution in [2.45, 2.75) is 19.4 Å². The van der Waals surface area contributed by atoms with Crippen molar-refractivity contribution < 1.29 is 9.52 Å². The number of furan rings is 1. The van der Waals surface area contributed by atoms with Crippen LogP contribution in [0.3, 0.4) is 0 Å². The Kier molecular flexibility index (Phi) is 3.42. The van der Waals surface area contributed by atoms with E-state index in [4.69, 9.17) is 4.42 Å². The van der Waals surface area contributed by atoms with Crippen molar-refractivity contribution in [1.29, 1.82) is 0 Å². The molecular weight excluding hydrogens is 200 g/mol. The van der Waals surface area contributed by atoms with Crippen LogP contribution in [0.15, 0.2) is 53.1 Å². The second-order valence-electron chi connectivity index (χ2n) is 4.12. The van der Waals surface area contributed by atoms with Gasteiger partial charge in [0.1, 0.15) is 5.76 Å². The zero-order valence-electron chi connectivity index (χ0n) is 9.34. The van der Waals surface area contributed by atoms with Gasteiger partial charge >= 0.3 is 0 Å². The Morgan fingerprint density at radius 2 is 1.88 bits per heavy atom. The van der Waals surface area contributed by atoms with Crippen LogP contribution < -0.4 is 0 Å².